The first-order valence-electron chi connectivity index (χ1n) is 14.0. The van der Waals surface area contributed by atoms with Crippen LogP contribution in [0.3, 0.4) is 0 Å². The molecule has 7 nitrogen and oxygen atoms in total. The highest BCUT2D eigenvalue weighted by Gasteiger charge is 2.21. The molecular weight excluding hydrogens is 492 g/mol. The zero-order valence-corrected chi connectivity index (χ0v) is 22.8. The van der Waals surface area contributed by atoms with E-state index in [0.717, 1.165) is 67.3 Å². The van der Waals surface area contributed by atoms with Gasteiger partial charge < -0.3 is 23.8 Å². The van der Waals surface area contributed by atoms with Crippen molar-refractivity contribution in [1.82, 2.24) is 9.80 Å². The summed E-state index contributed by atoms with van der Waals surface area (Å²) in [5.74, 6) is 3.22. The number of hydrogen-bond donors (Lipinski definition) is 0. The Kier molecular flexibility index (Phi) is 9.22. The molecule has 2 aliphatic rings. The van der Waals surface area contributed by atoms with E-state index in [0.29, 0.717) is 38.5 Å². The Morgan fingerprint density at radius 1 is 0.846 bits per heavy atom. The molecule has 0 spiro atoms. The molecule has 2 aliphatic heterocycles. The van der Waals surface area contributed by atoms with Crippen LogP contribution in [0.15, 0.2) is 66.7 Å². The van der Waals surface area contributed by atoms with Crippen molar-refractivity contribution < 1.29 is 23.7 Å². The van der Waals surface area contributed by atoms with Crippen molar-refractivity contribution in [2.45, 2.75) is 45.7 Å². The van der Waals surface area contributed by atoms with Gasteiger partial charge in [-0.05, 0) is 55.5 Å². The summed E-state index contributed by atoms with van der Waals surface area (Å²) in [6.07, 6.45) is 3.21. The topological polar surface area (TPSA) is 60.5 Å². The molecule has 206 valence electrons. The molecule has 0 radical (unpaired) electrons. The molecular formula is C32H38N2O5. The summed E-state index contributed by atoms with van der Waals surface area (Å²) in [7, 11) is 0. The first kappa shape index (κ1) is 26.9. The van der Waals surface area contributed by atoms with Crippen LogP contribution in [-0.2, 0) is 24.3 Å². The molecule has 0 unspecified atom stereocenters. The number of rotatable bonds is 6. The van der Waals surface area contributed by atoms with Crippen LogP contribution in [0.4, 0.5) is 0 Å². The third-order valence-electron chi connectivity index (χ3n) is 7.15. The van der Waals surface area contributed by atoms with E-state index >= 15 is 0 Å². The molecule has 0 bridgehead atoms. The van der Waals surface area contributed by atoms with E-state index in [1.165, 1.54) is 5.56 Å². The molecule has 39 heavy (non-hydrogen) atoms. The Hall–Kier alpha value is -3.71. The van der Waals surface area contributed by atoms with E-state index in [1.54, 1.807) is 0 Å². The zero-order valence-electron chi connectivity index (χ0n) is 22.8. The first-order valence-corrected chi connectivity index (χ1v) is 14.0. The molecule has 0 aliphatic carbocycles. The molecule has 0 saturated carbocycles. The summed E-state index contributed by atoms with van der Waals surface area (Å²) in [5.41, 5.74) is 3.29. The van der Waals surface area contributed by atoms with E-state index < -0.39 is 0 Å². The molecule has 0 atom stereocenters. The third kappa shape index (κ3) is 7.24. The average Bonchev–Trinajstić information content (AvgIpc) is 3.42. The number of amides is 1. The van der Waals surface area contributed by atoms with E-state index in [1.807, 2.05) is 48.2 Å². The van der Waals surface area contributed by atoms with Gasteiger partial charge in [0.1, 0.15) is 0 Å². The fourth-order valence-electron chi connectivity index (χ4n) is 5.13. The van der Waals surface area contributed by atoms with Crippen molar-refractivity contribution in [1.29, 1.82) is 0 Å². The van der Waals surface area contributed by atoms with Gasteiger partial charge in [0.2, 0.25) is 12.7 Å². The number of nitrogens with zero attached hydrogens (tertiary/aromatic N) is 2. The number of carbonyl (C=O) groups excluding carboxylic acids is 1. The number of fused-ring (bicyclic) bond motifs is 2. The summed E-state index contributed by atoms with van der Waals surface area (Å²) < 4.78 is 23.2. The molecule has 3 aromatic rings. The van der Waals surface area contributed by atoms with Gasteiger partial charge in [-0.25, -0.2) is 0 Å². The van der Waals surface area contributed by atoms with Gasteiger partial charge in [-0.3, -0.25) is 9.69 Å². The smallest absolute Gasteiger partial charge is 0.231 e. The van der Waals surface area contributed by atoms with Gasteiger partial charge in [-0.15, -0.1) is 0 Å². The van der Waals surface area contributed by atoms with Crippen molar-refractivity contribution in [3.05, 3.63) is 83.4 Å². The minimum absolute atomic E-state index is 0.138. The van der Waals surface area contributed by atoms with E-state index in [-0.39, 0.29) is 12.7 Å². The van der Waals surface area contributed by atoms with Crippen LogP contribution in [0.2, 0.25) is 0 Å². The zero-order chi connectivity index (χ0) is 26.9. The fraction of sp³-hybridized carbons (Fsp3) is 0.406. The summed E-state index contributed by atoms with van der Waals surface area (Å²) in [6.45, 7) is 7.08. The van der Waals surface area contributed by atoms with E-state index in [2.05, 4.69) is 35.2 Å². The highest BCUT2D eigenvalue weighted by molar-refractivity contribution is 5.79. The van der Waals surface area contributed by atoms with Crippen LogP contribution in [0, 0.1) is 0 Å². The Morgan fingerprint density at radius 3 is 2.59 bits per heavy atom. The Balaban J connectivity index is 1.35. The van der Waals surface area contributed by atoms with Crippen molar-refractivity contribution in [3.8, 4) is 23.0 Å². The minimum atomic E-state index is 0.138. The molecule has 0 N–H and O–H groups in total. The molecule has 1 amide bonds. The van der Waals surface area contributed by atoms with E-state index in [4.69, 9.17) is 18.9 Å². The maximum Gasteiger partial charge on any atom is 0.231 e. The lowest BCUT2D eigenvalue weighted by Gasteiger charge is -2.29. The number of benzene rings is 3. The Morgan fingerprint density at radius 2 is 1.72 bits per heavy atom. The monoisotopic (exact) mass is 530 g/mol. The maximum atomic E-state index is 13.5. The van der Waals surface area contributed by atoms with Gasteiger partial charge in [0.15, 0.2) is 23.0 Å². The van der Waals surface area contributed by atoms with Crippen LogP contribution in [0.1, 0.15) is 42.9 Å². The quantitative estimate of drug-likeness (QED) is 0.422. The molecule has 2 heterocycles. The second-order valence-corrected chi connectivity index (χ2v) is 10.0. The van der Waals surface area contributed by atoms with Crippen molar-refractivity contribution in [2.24, 2.45) is 0 Å². The molecule has 3 aromatic carbocycles. The summed E-state index contributed by atoms with van der Waals surface area (Å²) in [6, 6.07) is 22.4. The van der Waals surface area contributed by atoms with E-state index in [9.17, 15) is 4.79 Å². The highest BCUT2D eigenvalue weighted by Crippen LogP contribution is 2.34. The van der Waals surface area contributed by atoms with Crippen LogP contribution in [0.5, 0.6) is 23.0 Å². The summed E-state index contributed by atoms with van der Waals surface area (Å²) in [4.78, 5) is 17.9. The lowest BCUT2D eigenvalue weighted by Crippen LogP contribution is -2.39. The highest BCUT2D eigenvalue weighted by atomic mass is 16.7. The van der Waals surface area contributed by atoms with Crippen LogP contribution in [-0.4, -0.2) is 55.3 Å². The van der Waals surface area contributed by atoms with Gasteiger partial charge in [0.05, 0.1) is 19.6 Å². The second kappa shape index (κ2) is 13.4. The molecule has 0 aromatic heterocycles. The van der Waals surface area contributed by atoms with Crippen LogP contribution < -0.4 is 18.9 Å². The van der Waals surface area contributed by atoms with Crippen molar-refractivity contribution in [3.63, 3.8) is 0 Å². The van der Waals surface area contributed by atoms with Gasteiger partial charge in [-0.2, -0.15) is 0 Å². The Bertz CT molecular complexity index is 1230. The van der Waals surface area contributed by atoms with Crippen LogP contribution >= 0.6 is 0 Å². The minimum Gasteiger partial charge on any atom is -0.490 e. The van der Waals surface area contributed by atoms with Gasteiger partial charge >= 0.3 is 0 Å². The molecule has 7 heteroatoms. The van der Waals surface area contributed by atoms with Gasteiger partial charge in [0, 0.05) is 38.3 Å². The average molecular weight is 531 g/mol. The van der Waals surface area contributed by atoms with Crippen molar-refractivity contribution in [2.75, 3.05) is 39.6 Å². The molecule has 0 fully saturated rings. The number of hydrogen-bond acceptors (Lipinski definition) is 6. The molecule has 0 saturated heterocycles. The second-order valence-electron chi connectivity index (χ2n) is 10.0. The third-order valence-corrected chi connectivity index (χ3v) is 7.15. The number of carbonyl (C=O) groups is 1. The standard InChI is InChI=1S/C32H38N2O5/c1-2-36-29-13-9-12-27-23-33(22-25-10-5-3-6-11-25)17-18-34(16-7-4-8-19-37-32(27)29)31(35)21-26-14-15-28-30(20-26)39-24-38-28/h3,5-6,9-15,20H,2,4,7-8,16-19,21-24H2,1H3. The predicted octanol–water partition coefficient (Wildman–Crippen LogP) is 5.45. The first-order chi connectivity index (χ1) is 19.2. The lowest BCUT2D eigenvalue weighted by molar-refractivity contribution is -0.130. The lowest BCUT2D eigenvalue weighted by atomic mass is 10.1. The summed E-state index contributed by atoms with van der Waals surface area (Å²) in [5, 5.41) is 0. The predicted molar refractivity (Wildman–Crippen MR) is 150 cm³/mol. The number of ether oxygens (including phenoxy) is 4. The van der Waals surface area contributed by atoms with Crippen LogP contribution in [0.25, 0.3) is 0 Å². The molecule has 5 rings (SSSR count). The maximum absolute atomic E-state index is 13.5. The van der Waals surface area contributed by atoms with Gasteiger partial charge in [0.25, 0.3) is 0 Å². The number of para-hydroxylation sites is 1. The Labute approximate surface area is 231 Å². The van der Waals surface area contributed by atoms with Crippen molar-refractivity contribution >= 4 is 5.91 Å². The SMILES string of the molecule is CCOc1cccc2c1OCCCCCN(C(=O)Cc1ccc3c(c1)OCO3)CCN(Cc1ccccc1)C2. The normalized spacial score (nSPS) is 16.3. The largest absolute Gasteiger partial charge is 0.490 e. The fourth-order valence-corrected chi connectivity index (χ4v) is 5.13. The van der Waals surface area contributed by atoms with Gasteiger partial charge in [-0.1, -0.05) is 48.5 Å². The summed E-state index contributed by atoms with van der Waals surface area (Å²) >= 11 is 0.